The van der Waals surface area contributed by atoms with Crippen LogP contribution < -0.4 is 10.6 Å². The predicted molar refractivity (Wildman–Crippen MR) is 88.0 cm³/mol. The summed E-state index contributed by atoms with van der Waals surface area (Å²) in [6, 6.07) is 0. The molecule has 0 unspecified atom stereocenters. The lowest BCUT2D eigenvalue weighted by Gasteiger charge is -2.09. The maximum absolute atomic E-state index is 5.47. The topological polar surface area (TPSA) is 62.5 Å². The summed E-state index contributed by atoms with van der Waals surface area (Å²) in [4.78, 5) is 8.42. The fraction of sp³-hybridized carbons (Fsp3) is 0.636. The van der Waals surface area contributed by atoms with Gasteiger partial charge in [0, 0.05) is 19.3 Å². The number of hydrogen-bond donors (Lipinski definition) is 2. The highest BCUT2D eigenvalue weighted by Crippen LogP contribution is 2.07. The van der Waals surface area contributed by atoms with Gasteiger partial charge in [-0.25, -0.2) is 4.98 Å². The molecule has 0 saturated heterocycles. The minimum atomic E-state index is 0. The molecule has 0 aromatic carbocycles. The van der Waals surface area contributed by atoms with Crippen molar-refractivity contribution in [2.75, 3.05) is 25.6 Å². The standard InChI is InChI=1S/C11H20N4OS.HI/c1-8-9(2)16-10(15-8)7-14-11(12-3)13-5-6-17-4;/h5-7H2,1-4H3,(H2,12,13,14);1H. The largest absolute Gasteiger partial charge is 0.444 e. The number of oxazole rings is 1. The molecule has 0 atom stereocenters. The lowest BCUT2D eigenvalue weighted by Crippen LogP contribution is -2.38. The van der Waals surface area contributed by atoms with E-state index in [1.54, 1.807) is 18.8 Å². The van der Waals surface area contributed by atoms with Crippen molar-refractivity contribution in [3.8, 4) is 0 Å². The first kappa shape index (κ1) is 17.6. The van der Waals surface area contributed by atoms with E-state index in [1.807, 2.05) is 13.8 Å². The monoisotopic (exact) mass is 384 g/mol. The van der Waals surface area contributed by atoms with Crippen molar-refractivity contribution in [2.45, 2.75) is 20.4 Å². The number of nitrogens with one attached hydrogen (secondary N) is 2. The average molecular weight is 384 g/mol. The molecule has 0 bridgehead atoms. The molecule has 0 aliphatic carbocycles. The fourth-order valence-electron chi connectivity index (χ4n) is 1.27. The van der Waals surface area contributed by atoms with Crippen LogP contribution in [-0.4, -0.2) is 36.5 Å². The highest BCUT2D eigenvalue weighted by atomic mass is 127. The fourth-order valence-corrected chi connectivity index (χ4v) is 1.57. The van der Waals surface area contributed by atoms with E-state index in [-0.39, 0.29) is 24.0 Å². The molecule has 5 nitrogen and oxygen atoms in total. The van der Waals surface area contributed by atoms with Gasteiger partial charge in [-0.15, -0.1) is 24.0 Å². The molecule has 0 radical (unpaired) electrons. The minimum absolute atomic E-state index is 0. The zero-order valence-corrected chi connectivity index (χ0v) is 14.4. The first-order chi connectivity index (χ1) is 8.17. The number of aryl methyl sites for hydroxylation is 2. The molecule has 0 saturated carbocycles. The summed E-state index contributed by atoms with van der Waals surface area (Å²) in [6.07, 6.45) is 2.08. The third-order valence-electron chi connectivity index (χ3n) is 2.30. The smallest absolute Gasteiger partial charge is 0.214 e. The number of aromatic nitrogens is 1. The Bertz CT molecular complexity index is 362. The lowest BCUT2D eigenvalue weighted by molar-refractivity contribution is 0.464. The summed E-state index contributed by atoms with van der Waals surface area (Å²) < 4.78 is 5.47. The summed E-state index contributed by atoms with van der Waals surface area (Å²) in [5.41, 5.74) is 0.937. The van der Waals surface area contributed by atoms with Crippen molar-refractivity contribution >= 4 is 41.7 Å². The Balaban J connectivity index is 0.00000289. The maximum atomic E-state index is 5.47. The first-order valence-corrected chi connectivity index (χ1v) is 6.93. The van der Waals surface area contributed by atoms with Gasteiger partial charge in [0.25, 0.3) is 0 Å². The van der Waals surface area contributed by atoms with Crippen LogP contribution in [0.15, 0.2) is 9.41 Å². The lowest BCUT2D eigenvalue weighted by atomic mass is 10.4. The zero-order chi connectivity index (χ0) is 12.7. The molecule has 0 spiro atoms. The zero-order valence-electron chi connectivity index (χ0n) is 11.2. The molecule has 0 aliphatic heterocycles. The van der Waals surface area contributed by atoms with Crippen LogP contribution in [0.25, 0.3) is 0 Å². The van der Waals surface area contributed by atoms with Crippen molar-refractivity contribution in [1.29, 1.82) is 0 Å². The van der Waals surface area contributed by atoms with E-state index < -0.39 is 0 Å². The van der Waals surface area contributed by atoms with Gasteiger partial charge in [0.2, 0.25) is 5.89 Å². The second-order valence-corrected chi connectivity index (χ2v) is 4.58. The first-order valence-electron chi connectivity index (χ1n) is 5.53. The summed E-state index contributed by atoms with van der Waals surface area (Å²) >= 11 is 1.80. The summed E-state index contributed by atoms with van der Waals surface area (Å²) in [5.74, 6) is 3.38. The molecule has 1 heterocycles. The van der Waals surface area contributed by atoms with E-state index in [0.717, 1.165) is 29.7 Å². The van der Waals surface area contributed by atoms with Crippen LogP contribution in [0, 0.1) is 13.8 Å². The van der Waals surface area contributed by atoms with Gasteiger partial charge in [-0.05, 0) is 20.1 Å². The van der Waals surface area contributed by atoms with E-state index in [4.69, 9.17) is 4.42 Å². The third kappa shape index (κ3) is 5.94. The SMILES string of the molecule is CN=C(NCCSC)NCc1nc(C)c(C)o1.I. The number of thioether (sulfide) groups is 1. The maximum Gasteiger partial charge on any atom is 0.214 e. The molecule has 18 heavy (non-hydrogen) atoms. The van der Waals surface area contributed by atoms with Gasteiger partial charge in [-0.3, -0.25) is 4.99 Å². The molecule has 1 aromatic heterocycles. The summed E-state index contributed by atoms with van der Waals surface area (Å²) in [7, 11) is 1.75. The second-order valence-electron chi connectivity index (χ2n) is 3.59. The molecule has 0 aliphatic rings. The molecule has 0 amide bonds. The van der Waals surface area contributed by atoms with E-state index in [2.05, 4.69) is 26.9 Å². The van der Waals surface area contributed by atoms with Crippen LogP contribution in [0.3, 0.4) is 0 Å². The van der Waals surface area contributed by atoms with E-state index in [0.29, 0.717) is 12.4 Å². The molecular weight excluding hydrogens is 363 g/mol. The minimum Gasteiger partial charge on any atom is -0.444 e. The van der Waals surface area contributed by atoms with Crippen LogP contribution in [-0.2, 0) is 6.54 Å². The summed E-state index contributed by atoms with van der Waals surface area (Å²) in [5, 5.41) is 6.37. The van der Waals surface area contributed by atoms with Crippen LogP contribution in [0.4, 0.5) is 0 Å². The van der Waals surface area contributed by atoms with E-state index in [9.17, 15) is 0 Å². The van der Waals surface area contributed by atoms with Crippen molar-refractivity contribution < 1.29 is 4.42 Å². The Hall–Kier alpha value is -0.440. The van der Waals surface area contributed by atoms with Crippen molar-refractivity contribution in [1.82, 2.24) is 15.6 Å². The van der Waals surface area contributed by atoms with Crippen LogP contribution in [0.5, 0.6) is 0 Å². The quantitative estimate of drug-likeness (QED) is 0.352. The van der Waals surface area contributed by atoms with Crippen LogP contribution in [0.1, 0.15) is 17.3 Å². The third-order valence-corrected chi connectivity index (χ3v) is 2.91. The Morgan fingerprint density at radius 2 is 2.11 bits per heavy atom. The number of hydrogen-bond acceptors (Lipinski definition) is 4. The number of nitrogens with zero attached hydrogens (tertiary/aromatic N) is 2. The Morgan fingerprint density at radius 3 is 2.61 bits per heavy atom. The van der Waals surface area contributed by atoms with Crippen LogP contribution in [0.2, 0.25) is 0 Å². The normalized spacial score (nSPS) is 11.0. The van der Waals surface area contributed by atoms with Gasteiger partial charge in [0.1, 0.15) is 5.76 Å². The second kappa shape index (κ2) is 9.48. The highest BCUT2D eigenvalue weighted by Gasteiger charge is 2.05. The Kier molecular flexibility index (Phi) is 9.25. The highest BCUT2D eigenvalue weighted by molar-refractivity contribution is 14.0. The van der Waals surface area contributed by atoms with Crippen molar-refractivity contribution in [2.24, 2.45) is 4.99 Å². The molecule has 1 rings (SSSR count). The van der Waals surface area contributed by atoms with Gasteiger partial charge < -0.3 is 15.1 Å². The van der Waals surface area contributed by atoms with Crippen molar-refractivity contribution in [3.05, 3.63) is 17.3 Å². The molecule has 2 N–H and O–H groups in total. The van der Waals surface area contributed by atoms with E-state index >= 15 is 0 Å². The van der Waals surface area contributed by atoms with Gasteiger partial charge in [0.15, 0.2) is 5.96 Å². The average Bonchev–Trinajstić information content (AvgIpc) is 2.63. The molecule has 0 fully saturated rings. The number of guanidine groups is 1. The molecule has 1 aromatic rings. The van der Waals surface area contributed by atoms with Gasteiger partial charge >= 0.3 is 0 Å². The van der Waals surface area contributed by atoms with Gasteiger partial charge in [-0.2, -0.15) is 11.8 Å². The Morgan fingerprint density at radius 1 is 1.39 bits per heavy atom. The number of aliphatic imine (C=N–C) groups is 1. The summed E-state index contributed by atoms with van der Waals surface area (Å²) in [6.45, 7) is 5.29. The molecular formula is C11H21IN4OS. The van der Waals surface area contributed by atoms with Crippen LogP contribution >= 0.6 is 35.7 Å². The molecule has 7 heteroatoms. The molecule has 104 valence electrons. The van der Waals surface area contributed by atoms with Crippen molar-refractivity contribution in [3.63, 3.8) is 0 Å². The number of halogens is 1. The van der Waals surface area contributed by atoms with Gasteiger partial charge in [0.05, 0.1) is 12.2 Å². The number of rotatable bonds is 5. The van der Waals surface area contributed by atoms with E-state index in [1.165, 1.54) is 0 Å². The van der Waals surface area contributed by atoms with Gasteiger partial charge in [-0.1, -0.05) is 0 Å². The predicted octanol–water partition coefficient (Wildman–Crippen LogP) is 1.94. The Labute approximate surface area is 130 Å².